The zero-order valence-corrected chi connectivity index (χ0v) is 18.4. The van der Waals surface area contributed by atoms with E-state index in [4.69, 9.17) is 9.47 Å². The number of pyridine rings is 1. The highest BCUT2D eigenvalue weighted by Crippen LogP contribution is 2.19. The summed E-state index contributed by atoms with van der Waals surface area (Å²) in [4.78, 5) is 29.1. The molecule has 1 heterocycles. The summed E-state index contributed by atoms with van der Waals surface area (Å²) in [6, 6.07) is 8.52. The molecule has 0 aliphatic carbocycles. The number of aromatic nitrogens is 1. The van der Waals surface area contributed by atoms with Crippen LogP contribution in [0.2, 0.25) is 0 Å². The second-order valence-electron chi connectivity index (χ2n) is 8.36. The van der Waals surface area contributed by atoms with Crippen LogP contribution in [0, 0.1) is 5.92 Å². The van der Waals surface area contributed by atoms with Crippen LogP contribution in [-0.4, -0.2) is 42.0 Å². The highest BCUT2D eigenvalue weighted by atomic mass is 16.6. The number of alkyl carbamates (subject to hydrolysis) is 1. The van der Waals surface area contributed by atoms with E-state index in [1.165, 1.54) is 6.21 Å². The minimum Gasteiger partial charge on any atom is -0.497 e. The first kappa shape index (κ1) is 23.1. The second kappa shape index (κ2) is 10.0. The van der Waals surface area contributed by atoms with Crippen LogP contribution in [0.3, 0.4) is 0 Å². The largest absolute Gasteiger partial charge is 0.497 e. The standard InChI is InChI=1S/C22H30N4O4/c1-14(2)11-19(25-21(28)30-22(3,4)5)20(27)26-23-13-16-8-7-15-12-17(29-6)9-10-18(15)24-16/h7-10,12-14,19H,11H2,1-6H3,(H,25,28)(H,26,27). The van der Waals surface area contributed by atoms with Gasteiger partial charge in [0.2, 0.25) is 0 Å². The second-order valence-corrected chi connectivity index (χ2v) is 8.36. The molecule has 1 aromatic carbocycles. The minimum absolute atomic E-state index is 0.193. The first-order chi connectivity index (χ1) is 14.1. The van der Waals surface area contributed by atoms with Crippen molar-refractivity contribution in [3.05, 3.63) is 36.0 Å². The Hall–Kier alpha value is -3.16. The summed E-state index contributed by atoms with van der Waals surface area (Å²) in [7, 11) is 1.61. The number of hydrogen-bond acceptors (Lipinski definition) is 6. The van der Waals surface area contributed by atoms with E-state index in [-0.39, 0.29) is 5.92 Å². The fraction of sp³-hybridized carbons (Fsp3) is 0.455. The fourth-order valence-corrected chi connectivity index (χ4v) is 2.71. The van der Waals surface area contributed by atoms with E-state index in [1.54, 1.807) is 33.9 Å². The average Bonchev–Trinajstić information content (AvgIpc) is 2.65. The van der Waals surface area contributed by atoms with Crippen LogP contribution in [0.1, 0.15) is 46.7 Å². The zero-order chi connectivity index (χ0) is 22.3. The molecule has 0 fully saturated rings. The smallest absolute Gasteiger partial charge is 0.408 e. The van der Waals surface area contributed by atoms with E-state index in [1.807, 2.05) is 38.1 Å². The molecule has 1 atom stereocenters. The van der Waals surface area contributed by atoms with Gasteiger partial charge in [0.15, 0.2) is 0 Å². The molecule has 0 radical (unpaired) electrons. The number of nitrogens with one attached hydrogen (secondary N) is 2. The van der Waals surface area contributed by atoms with Gasteiger partial charge in [-0.15, -0.1) is 0 Å². The Kier molecular flexibility index (Phi) is 7.74. The van der Waals surface area contributed by atoms with Gasteiger partial charge in [-0.05, 0) is 57.4 Å². The van der Waals surface area contributed by atoms with Crippen molar-refractivity contribution in [2.24, 2.45) is 11.0 Å². The molecule has 0 aliphatic rings. The van der Waals surface area contributed by atoms with Gasteiger partial charge in [0.1, 0.15) is 17.4 Å². The quantitative estimate of drug-likeness (QED) is 0.532. The summed E-state index contributed by atoms with van der Waals surface area (Å²) in [6.07, 6.45) is 1.27. The summed E-state index contributed by atoms with van der Waals surface area (Å²) >= 11 is 0. The highest BCUT2D eigenvalue weighted by molar-refractivity contribution is 5.88. The molecule has 162 valence electrons. The predicted molar refractivity (Wildman–Crippen MR) is 117 cm³/mol. The Morgan fingerprint density at radius 3 is 2.57 bits per heavy atom. The van der Waals surface area contributed by atoms with Crippen molar-refractivity contribution in [2.45, 2.75) is 52.7 Å². The summed E-state index contributed by atoms with van der Waals surface area (Å²) in [5.74, 6) is 0.529. The van der Waals surface area contributed by atoms with E-state index in [0.717, 1.165) is 16.7 Å². The summed E-state index contributed by atoms with van der Waals surface area (Å²) in [5.41, 5.74) is 3.20. The van der Waals surface area contributed by atoms with E-state index >= 15 is 0 Å². The lowest BCUT2D eigenvalue weighted by Crippen LogP contribution is -2.47. The van der Waals surface area contributed by atoms with Crippen molar-refractivity contribution in [3.63, 3.8) is 0 Å². The van der Waals surface area contributed by atoms with Crippen molar-refractivity contribution < 1.29 is 19.1 Å². The maximum Gasteiger partial charge on any atom is 0.408 e. The molecule has 30 heavy (non-hydrogen) atoms. The van der Waals surface area contributed by atoms with Gasteiger partial charge < -0.3 is 14.8 Å². The monoisotopic (exact) mass is 414 g/mol. The van der Waals surface area contributed by atoms with Crippen molar-refractivity contribution in [1.82, 2.24) is 15.7 Å². The molecular formula is C22H30N4O4. The molecule has 0 saturated carbocycles. The number of fused-ring (bicyclic) bond motifs is 1. The van der Waals surface area contributed by atoms with E-state index < -0.39 is 23.6 Å². The fourth-order valence-electron chi connectivity index (χ4n) is 2.71. The first-order valence-corrected chi connectivity index (χ1v) is 9.84. The van der Waals surface area contributed by atoms with Crippen LogP contribution in [0.5, 0.6) is 5.75 Å². The normalized spacial score (nSPS) is 12.8. The van der Waals surface area contributed by atoms with Crippen LogP contribution in [0.25, 0.3) is 10.9 Å². The number of amides is 2. The predicted octanol–water partition coefficient (Wildman–Crippen LogP) is 3.63. The van der Waals surface area contributed by atoms with Crippen molar-refractivity contribution in [3.8, 4) is 5.75 Å². The lowest BCUT2D eigenvalue weighted by molar-refractivity contribution is -0.123. The number of hydrogen-bond donors (Lipinski definition) is 2. The number of rotatable bonds is 7. The van der Waals surface area contributed by atoms with Crippen molar-refractivity contribution in [2.75, 3.05) is 7.11 Å². The number of hydrazone groups is 1. The Morgan fingerprint density at radius 2 is 1.93 bits per heavy atom. The van der Waals surface area contributed by atoms with Gasteiger partial charge in [0.25, 0.3) is 5.91 Å². The SMILES string of the molecule is COc1ccc2nc(C=NNC(=O)C(CC(C)C)NC(=O)OC(C)(C)C)ccc2c1. The van der Waals surface area contributed by atoms with Gasteiger partial charge in [-0.3, -0.25) is 4.79 Å². The van der Waals surface area contributed by atoms with Gasteiger partial charge in [-0.25, -0.2) is 15.2 Å². The molecule has 1 unspecified atom stereocenters. The number of methoxy groups -OCH3 is 1. The third kappa shape index (κ3) is 7.35. The molecule has 8 nitrogen and oxygen atoms in total. The van der Waals surface area contributed by atoms with Crippen LogP contribution >= 0.6 is 0 Å². The van der Waals surface area contributed by atoms with Gasteiger partial charge in [0.05, 0.1) is 24.5 Å². The molecule has 2 aromatic rings. The zero-order valence-electron chi connectivity index (χ0n) is 18.4. The first-order valence-electron chi connectivity index (χ1n) is 9.84. The van der Waals surface area contributed by atoms with E-state index in [0.29, 0.717) is 12.1 Å². The topological polar surface area (TPSA) is 102 Å². The van der Waals surface area contributed by atoms with E-state index in [2.05, 4.69) is 20.8 Å². The van der Waals surface area contributed by atoms with Crippen LogP contribution in [-0.2, 0) is 9.53 Å². The van der Waals surface area contributed by atoms with Crippen LogP contribution in [0.4, 0.5) is 4.79 Å². The van der Waals surface area contributed by atoms with Crippen molar-refractivity contribution in [1.29, 1.82) is 0 Å². The highest BCUT2D eigenvalue weighted by Gasteiger charge is 2.25. The Balaban J connectivity index is 2.03. The molecule has 0 bridgehead atoms. The van der Waals surface area contributed by atoms with Gasteiger partial charge in [0, 0.05) is 5.39 Å². The molecule has 0 aliphatic heterocycles. The Labute approximate surface area is 177 Å². The van der Waals surface area contributed by atoms with Crippen LogP contribution in [0.15, 0.2) is 35.4 Å². The maximum absolute atomic E-state index is 12.5. The summed E-state index contributed by atoms with van der Waals surface area (Å²) in [5, 5.41) is 7.54. The molecule has 2 amide bonds. The Bertz CT molecular complexity index is 919. The van der Waals surface area contributed by atoms with E-state index in [9.17, 15) is 9.59 Å². The molecule has 2 N–H and O–H groups in total. The number of carbonyl (C=O) groups excluding carboxylic acids is 2. The maximum atomic E-state index is 12.5. The third-order valence-corrected chi connectivity index (χ3v) is 4.00. The molecule has 1 aromatic heterocycles. The number of ether oxygens (including phenoxy) is 2. The van der Waals surface area contributed by atoms with Crippen molar-refractivity contribution >= 4 is 29.1 Å². The van der Waals surface area contributed by atoms with Gasteiger partial charge >= 0.3 is 6.09 Å². The van der Waals surface area contributed by atoms with Crippen LogP contribution < -0.4 is 15.5 Å². The number of carbonyl (C=O) groups is 2. The lowest BCUT2D eigenvalue weighted by atomic mass is 10.0. The molecule has 2 rings (SSSR count). The molecule has 8 heteroatoms. The van der Waals surface area contributed by atoms with Gasteiger partial charge in [-0.2, -0.15) is 5.10 Å². The molecule has 0 spiro atoms. The molecular weight excluding hydrogens is 384 g/mol. The lowest BCUT2D eigenvalue weighted by Gasteiger charge is -2.23. The third-order valence-electron chi connectivity index (χ3n) is 4.00. The summed E-state index contributed by atoms with van der Waals surface area (Å²) < 4.78 is 10.5. The number of nitrogens with zero attached hydrogens (tertiary/aromatic N) is 2. The minimum atomic E-state index is -0.756. The number of benzene rings is 1. The van der Waals surface area contributed by atoms with Gasteiger partial charge in [-0.1, -0.05) is 19.9 Å². The average molecular weight is 415 g/mol. The summed E-state index contributed by atoms with van der Waals surface area (Å²) in [6.45, 7) is 9.23. The Morgan fingerprint density at radius 1 is 1.20 bits per heavy atom. The molecule has 0 saturated heterocycles.